The van der Waals surface area contributed by atoms with Crippen molar-refractivity contribution in [1.29, 1.82) is 0 Å². The van der Waals surface area contributed by atoms with E-state index in [4.69, 9.17) is 4.42 Å². The third kappa shape index (κ3) is 1.94. The van der Waals surface area contributed by atoms with Gasteiger partial charge in [0.15, 0.2) is 0 Å². The van der Waals surface area contributed by atoms with Crippen LogP contribution in [0.4, 0.5) is 0 Å². The highest BCUT2D eigenvalue weighted by Crippen LogP contribution is 2.29. The van der Waals surface area contributed by atoms with E-state index in [9.17, 15) is 9.90 Å². The van der Waals surface area contributed by atoms with E-state index in [0.29, 0.717) is 23.8 Å². The van der Waals surface area contributed by atoms with Crippen molar-refractivity contribution in [3.63, 3.8) is 0 Å². The highest BCUT2D eigenvalue weighted by molar-refractivity contribution is 5.97. The van der Waals surface area contributed by atoms with Crippen LogP contribution < -0.4 is 0 Å². The lowest BCUT2D eigenvalue weighted by Gasteiger charge is -2.25. The number of likely N-dealkylation sites (tertiary alicyclic amines) is 1. The minimum Gasteiger partial charge on any atom is -0.466 e. The first-order valence-corrected chi connectivity index (χ1v) is 6.45. The van der Waals surface area contributed by atoms with Crippen molar-refractivity contribution in [1.82, 2.24) is 4.90 Å². The molecule has 4 nitrogen and oxygen atoms in total. The van der Waals surface area contributed by atoms with E-state index in [1.807, 2.05) is 20.8 Å². The summed E-state index contributed by atoms with van der Waals surface area (Å²) in [5.41, 5.74) is 1.58. The monoisotopic (exact) mass is 251 g/mol. The van der Waals surface area contributed by atoms with Gasteiger partial charge in [-0.3, -0.25) is 4.79 Å². The fourth-order valence-corrected chi connectivity index (χ4v) is 2.79. The Morgan fingerprint density at radius 2 is 2.06 bits per heavy atom. The minimum absolute atomic E-state index is 0.00903. The van der Waals surface area contributed by atoms with Crippen LogP contribution in [0.5, 0.6) is 0 Å². The van der Waals surface area contributed by atoms with Crippen LogP contribution in [0.3, 0.4) is 0 Å². The zero-order valence-corrected chi connectivity index (χ0v) is 11.5. The number of carbonyl (C=O) groups is 1. The molecule has 0 bridgehead atoms. The molecule has 0 aliphatic carbocycles. The Kier molecular flexibility index (Phi) is 3.48. The third-order valence-electron chi connectivity index (χ3n) is 4.11. The van der Waals surface area contributed by atoms with E-state index in [1.54, 1.807) is 4.90 Å². The van der Waals surface area contributed by atoms with Gasteiger partial charge in [0, 0.05) is 12.1 Å². The van der Waals surface area contributed by atoms with Crippen LogP contribution >= 0.6 is 0 Å². The summed E-state index contributed by atoms with van der Waals surface area (Å²) in [4.78, 5) is 14.4. The molecule has 100 valence electrons. The standard InChI is InChI=1S/C14H21NO3/c1-8-5-6-15(12(8)7-16)14(17)13-9(2)10(3)18-11(13)4/h8,12,16H,5-7H2,1-4H3. The second-order valence-electron chi connectivity index (χ2n) is 5.23. The number of furan rings is 1. The number of hydrogen-bond acceptors (Lipinski definition) is 3. The van der Waals surface area contributed by atoms with Gasteiger partial charge in [0.05, 0.1) is 18.2 Å². The molecule has 1 fully saturated rings. The van der Waals surface area contributed by atoms with Gasteiger partial charge in [-0.15, -0.1) is 0 Å². The van der Waals surface area contributed by atoms with Crippen LogP contribution in [0, 0.1) is 26.7 Å². The molecule has 1 aliphatic rings. The Morgan fingerprint density at radius 3 is 2.56 bits per heavy atom. The summed E-state index contributed by atoms with van der Waals surface area (Å²) in [5.74, 6) is 1.81. The Hall–Kier alpha value is -1.29. The fourth-order valence-electron chi connectivity index (χ4n) is 2.79. The second kappa shape index (κ2) is 4.76. The van der Waals surface area contributed by atoms with E-state index in [1.165, 1.54) is 0 Å². The predicted octanol–water partition coefficient (Wildman–Crippen LogP) is 2.05. The molecule has 4 heteroatoms. The number of carbonyl (C=O) groups excluding carboxylic acids is 1. The maximum absolute atomic E-state index is 12.6. The zero-order valence-electron chi connectivity index (χ0n) is 11.5. The number of hydrogen-bond donors (Lipinski definition) is 1. The van der Waals surface area contributed by atoms with Crippen molar-refractivity contribution in [3.05, 3.63) is 22.6 Å². The van der Waals surface area contributed by atoms with Gasteiger partial charge in [-0.05, 0) is 33.1 Å². The molecule has 1 amide bonds. The first-order valence-electron chi connectivity index (χ1n) is 6.45. The molecule has 1 aromatic rings. The van der Waals surface area contributed by atoms with Crippen molar-refractivity contribution in [2.24, 2.45) is 5.92 Å². The first-order chi connectivity index (χ1) is 8.47. The Labute approximate surface area is 108 Å². The molecular weight excluding hydrogens is 230 g/mol. The number of aliphatic hydroxyl groups is 1. The normalized spacial score (nSPS) is 23.7. The molecule has 1 aromatic heterocycles. The molecular formula is C14H21NO3. The number of rotatable bonds is 2. The SMILES string of the molecule is Cc1oc(C)c(C(=O)N2CCC(C)C2CO)c1C. The summed E-state index contributed by atoms with van der Waals surface area (Å²) in [6.07, 6.45) is 0.950. The maximum atomic E-state index is 12.6. The maximum Gasteiger partial charge on any atom is 0.258 e. The van der Waals surface area contributed by atoms with Crippen LogP contribution in [0.1, 0.15) is 40.8 Å². The van der Waals surface area contributed by atoms with E-state index in [0.717, 1.165) is 17.7 Å². The van der Waals surface area contributed by atoms with Crippen molar-refractivity contribution < 1.29 is 14.3 Å². The largest absolute Gasteiger partial charge is 0.466 e. The summed E-state index contributed by atoms with van der Waals surface area (Å²) in [7, 11) is 0. The Bertz CT molecular complexity index is 464. The number of nitrogens with zero attached hydrogens (tertiary/aromatic N) is 1. The van der Waals surface area contributed by atoms with Crippen LogP contribution in [-0.2, 0) is 0 Å². The predicted molar refractivity (Wildman–Crippen MR) is 68.6 cm³/mol. The minimum atomic E-state index is -0.0634. The lowest BCUT2D eigenvalue weighted by Crippen LogP contribution is -2.40. The summed E-state index contributed by atoms with van der Waals surface area (Å²) >= 11 is 0. The van der Waals surface area contributed by atoms with Gasteiger partial charge in [0.1, 0.15) is 11.5 Å². The summed E-state index contributed by atoms with van der Waals surface area (Å²) in [6, 6.07) is -0.0634. The molecule has 2 rings (SSSR count). The van der Waals surface area contributed by atoms with Crippen molar-refractivity contribution in [2.75, 3.05) is 13.2 Å². The van der Waals surface area contributed by atoms with Gasteiger partial charge in [-0.2, -0.15) is 0 Å². The topological polar surface area (TPSA) is 53.7 Å². The summed E-state index contributed by atoms with van der Waals surface area (Å²) in [6.45, 7) is 8.42. The van der Waals surface area contributed by atoms with Crippen LogP contribution in [-0.4, -0.2) is 35.1 Å². The smallest absolute Gasteiger partial charge is 0.258 e. The van der Waals surface area contributed by atoms with Gasteiger partial charge in [0.2, 0.25) is 0 Å². The average Bonchev–Trinajstić information content (AvgIpc) is 2.80. The van der Waals surface area contributed by atoms with Crippen molar-refractivity contribution >= 4 is 5.91 Å². The van der Waals surface area contributed by atoms with Crippen molar-refractivity contribution in [2.45, 2.75) is 40.2 Å². The highest BCUT2D eigenvalue weighted by atomic mass is 16.3. The molecule has 2 atom stereocenters. The quantitative estimate of drug-likeness (QED) is 0.875. The molecule has 1 aliphatic heterocycles. The molecule has 1 saturated heterocycles. The first kappa shape index (κ1) is 13.1. The van der Waals surface area contributed by atoms with Gasteiger partial charge in [-0.1, -0.05) is 6.92 Å². The molecule has 18 heavy (non-hydrogen) atoms. The molecule has 0 spiro atoms. The average molecular weight is 251 g/mol. The molecule has 0 saturated carbocycles. The number of aryl methyl sites for hydroxylation is 2. The van der Waals surface area contributed by atoms with Gasteiger partial charge in [0.25, 0.3) is 5.91 Å². The van der Waals surface area contributed by atoms with E-state index >= 15 is 0 Å². The summed E-state index contributed by atoms with van der Waals surface area (Å²) < 4.78 is 5.51. The zero-order chi connectivity index (χ0) is 13.4. The molecule has 0 radical (unpaired) electrons. The lowest BCUT2D eigenvalue weighted by atomic mass is 10.0. The number of amides is 1. The van der Waals surface area contributed by atoms with Gasteiger partial charge < -0.3 is 14.4 Å². The second-order valence-corrected chi connectivity index (χ2v) is 5.23. The van der Waals surface area contributed by atoms with E-state index < -0.39 is 0 Å². The summed E-state index contributed by atoms with van der Waals surface area (Å²) in [5, 5.41) is 9.43. The van der Waals surface area contributed by atoms with Crippen LogP contribution in [0.2, 0.25) is 0 Å². The van der Waals surface area contributed by atoms with Crippen molar-refractivity contribution in [3.8, 4) is 0 Å². The molecule has 2 heterocycles. The van der Waals surface area contributed by atoms with Gasteiger partial charge >= 0.3 is 0 Å². The van der Waals surface area contributed by atoms with E-state index in [-0.39, 0.29) is 18.6 Å². The van der Waals surface area contributed by atoms with Crippen LogP contribution in [0.25, 0.3) is 0 Å². The molecule has 0 aromatic carbocycles. The Morgan fingerprint density at radius 1 is 1.39 bits per heavy atom. The molecule has 2 unspecified atom stereocenters. The molecule has 1 N–H and O–H groups in total. The number of aliphatic hydroxyl groups excluding tert-OH is 1. The fraction of sp³-hybridized carbons (Fsp3) is 0.643. The van der Waals surface area contributed by atoms with E-state index in [2.05, 4.69) is 6.92 Å². The highest BCUT2D eigenvalue weighted by Gasteiger charge is 2.36. The Balaban J connectivity index is 2.32. The lowest BCUT2D eigenvalue weighted by molar-refractivity contribution is 0.0646. The van der Waals surface area contributed by atoms with Gasteiger partial charge in [-0.25, -0.2) is 0 Å². The third-order valence-corrected chi connectivity index (χ3v) is 4.11. The van der Waals surface area contributed by atoms with Crippen LogP contribution in [0.15, 0.2) is 4.42 Å².